The van der Waals surface area contributed by atoms with Crippen LogP contribution in [0.4, 0.5) is 0 Å². The van der Waals surface area contributed by atoms with E-state index in [0.29, 0.717) is 16.6 Å². The molecule has 3 rings (SSSR count). The largest absolute Gasteiger partial charge is 0.244 e. The van der Waals surface area contributed by atoms with E-state index in [4.69, 9.17) is 16.9 Å². The number of hydrogen-bond donors (Lipinski definition) is 0. The lowest BCUT2D eigenvalue weighted by Gasteiger charge is -2.00. The van der Waals surface area contributed by atoms with Crippen molar-refractivity contribution in [2.24, 2.45) is 0 Å². The second-order valence-electron chi connectivity index (χ2n) is 3.66. The van der Waals surface area contributed by atoms with Crippen molar-refractivity contribution in [1.29, 1.82) is 5.26 Å². The van der Waals surface area contributed by atoms with Crippen molar-refractivity contribution in [2.75, 3.05) is 0 Å². The zero-order chi connectivity index (χ0) is 10.4. The molecule has 0 saturated heterocycles. The minimum absolute atomic E-state index is 0.402. The molecule has 2 aromatic heterocycles. The lowest BCUT2D eigenvalue weighted by Crippen LogP contribution is -1.97. The maximum absolute atomic E-state index is 8.80. The Morgan fingerprint density at radius 1 is 1.47 bits per heavy atom. The molecule has 0 radical (unpaired) electrons. The van der Waals surface area contributed by atoms with E-state index in [9.17, 15) is 0 Å². The third kappa shape index (κ3) is 1.20. The van der Waals surface area contributed by atoms with Crippen molar-refractivity contribution < 1.29 is 0 Å². The summed E-state index contributed by atoms with van der Waals surface area (Å²) in [4.78, 5) is 4.23. The highest BCUT2D eigenvalue weighted by atomic mass is 35.5. The first-order valence-corrected chi connectivity index (χ1v) is 5.11. The summed E-state index contributed by atoms with van der Waals surface area (Å²) in [6.07, 6.45) is 5.49. The summed E-state index contributed by atoms with van der Waals surface area (Å²) >= 11 is 6.06. The molecule has 0 spiro atoms. The van der Waals surface area contributed by atoms with Crippen molar-refractivity contribution in [3.05, 3.63) is 23.0 Å². The number of nitriles is 1. The monoisotopic (exact) mass is 218 g/mol. The highest BCUT2D eigenvalue weighted by Crippen LogP contribution is 2.37. The number of pyridine rings is 1. The Morgan fingerprint density at radius 2 is 2.27 bits per heavy atom. The Labute approximate surface area is 91.1 Å². The molecule has 0 aliphatic heterocycles. The number of nitrogens with zero attached hydrogens (tertiary/aromatic N) is 4. The van der Waals surface area contributed by atoms with Crippen LogP contribution in [0.2, 0.25) is 5.02 Å². The van der Waals surface area contributed by atoms with Crippen LogP contribution < -0.4 is 0 Å². The van der Waals surface area contributed by atoms with Crippen LogP contribution in [0.1, 0.15) is 24.4 Å². The molecule has 1 fully saturated rings. The van der Waals surface area contributed by atoms with E-state index >= 15 is 0 Å². The van der Waals surface area contributed by atoms with Gasteiger partial charge in [0.25, 0.3) is 0 Å². The number of fused-ring (bicyclic) bond motifs is 1. The van der Waals surface area contributed by atoms with Gasteiger partial charge in [-0.15, -0.1) is 0 Å². The molecule has 2 heterocycles. The van der Waals surface area contributed by atoms with E-state index < -0.39 is 0 Å². The SMILES string of the molecule is N#Cc1cnc2c(cnn2C2CC2)c1Cl. The first kappa shape index (κ1) is 8.69. The summed E-state index contributed by atoms with van der Waals surface area (Å²) < 4.78 is 1.89. The van der Waals surface area contributed by atoms with Gasteiger partial charge >= 0.3 is 0 Å². The highest BCUT2D eigenvalue weighted by Gasteiger charge is 2.27. The first-order valence-electron chi connectivity index (χ1n) is 4.73. The van der Waals surface area contributed by atoms with Gasteiger partial charge in [0.15, 0.2) is 5.65 Å². The molecule has 1 aliphatic rings. The normalized spacial score (nSPS) is 15.5. The summed E-state index contributed by atoms with van der Waals surface area (Å²) in [5.41, 5.74) is 1.18. The van der Waals surface area contributed by atoms with Crippen LogP contribution in [0.5, 0.6) is 0 Å². The number of rotatable bonds is 1. The van der Waals surface area contributed by atoms with Crippen LogP contribution in [0, 0.1) is 11.3 Å². The van der Waals surface area contributed by atoms with Gasteiger partial charge in [0, 0.05) is 6.20 Å². The summed E-state index contributed by atoms with van der Waals surface area (Å²) in [5.74, 6) is 0. The van der Waals surface area contributed by atoms with Gasteiger partial charge in [-0.1, -0.05) is 11.6 Å². The van der Waals surface area contributed by atoms with Crippen LogP contribution in [0.15, 0.2) is 12.4 Å². The third-order valence-corrected chi connectivity index (χ3v) is 2.98. The Hall–Kier alpha value is -1.60. The van der Waals surface area contributed by atoms with E-state index in [2.05, 4.69) is 10.1 Å². The summed E-state index contributed by atoms with van der Waals surface area (Å²) in [6.45, 7) is 0. The molecular weight excluding hydrogens is 212 g/mol. The zero-order valence-corrected chi connectivity index (χ0v) is 8.57. The van der Waals surface area contributed by atoms with Crippen LogP contribution in [-0.2, 0) is 0 Å². The molecule has 1 saturated carbocycles. The zero-order valence-electron chi connectivity index (χ0n) is 7.81. The second kappa shape index (κ2) is 2.94. The Kier molecular flexibility index (Phi) is 1.70. The fraction of sp³-hybridized carbons (Fsp3) is 0.300. The third-order valence-electron chi connectivity index (χ3n) is 2.57. The van der Waals surface area contributed by atoms with Gasteiger partial charge in [0.2, 0.25) is 0 Å². The number of aromatic nitrogens is 3. The molecule has 1 aliphatic carbocycles. The molecule has 5 heteroatoms. The average Bonchev–Trinajstić information content (AvgIpc) is 2.99. The smallest absolute Gasteiger partial charge is 0.159 e. The van der Waals surface area contributed by atoms with Crippen LogP contribution in [0.25, 0.3) is 11.0 Å². The standard InChI is InChI=1S/C10H7ClN4/c11-9-6(3-12)4-13-10-8(9)5-14-15(10)7-1-2-7/h4-5,7H,1-2H2. The lowest BCUT2D eigenvalue weighted by molar-refractivity contribution is 0.658. The van der Waals surface area contributed by atoms with Crippen molar-refractivity contribution in [2.45, 2.75) is 18.9 Å². The minimum Gasteiger partial charge on any atom is -0.244 e. The predicted molar refractivity (Wildman–Crippen MR) is 55.5 cm³/mol. The van der Waals surface area contributed by atoms with Crippen LogP contribution >= 0.6 is 11.6 Å². The topological polar surface area (TPSA) is 54.5 Å². The average molecular weight is 219 g/mol. The molecule has 0 unspecified atom stereocenters. The van der Waals surface area contributed by atoms with Crippen molar-refractivity contribution >= 4 is 22.6 Å². The minimum atomic E-state index is 0.402. The van der Waals surface area contributed by atoms with Gasteiger partial charge in [-0.05, 0) is 12.8 Å². The molecule has 2 aromatic rings. The van der Waals surface area contributed by atoms with Gasteiger partial charge in [-0.2, -0.15) is 10.4 Å². The van der Waals surface area contributed by atoms with Gasteiger partial charge < -0.3 is 0 Å². The van der Waals surface area contributed by atoms with Gasteiger partial charge in [-0.3, -0.25) is 0 Å². The maximum atomic E-state index is 8.80. The Balaban J connectivity index is 2.30. The predicted octanol–water partition coefficient (Wildman–Crippen LogP) is 2.29. The van der Waals surface area contributed by atoms with E-state index in [-0.39, 0.29) is 0 Å². The number of hydrogen-bond acceptors (Lipinski definition) is 3. The Bertz CT molecular complexity index is 577. The molecule has 4 nitrogen and oxygen atoms in total. The fourth-order valence-electron chi connectivity index (χ4n) is 1.63. The van der Waals surface area contributed by atoms with Crippen LogP contribution in [-0.4, -0.2) is 14.8 Å². The molecular formula is C10H7ClN4. The van der Waals surface area contributed by atoms with E-state index in [1.165, 1.54) is 6.20 Å². The maximum Gasteiger partial charge on any atom is 0.159 e. The van der Waals surface area contributed by atoms with Crippen molar-refractivity contribution in [1.82, 2.24) is 14.8 Å². The van der Waals surface area contributed by atoms with Gasteiger partial charge in [-0.25, -0.2) is 9.67 Å². The van der Waals surface area contributed by atoms with Crippen LogP contribution in [0.3, 0.4) is 0 Å². The molecule has 0 N–H and O–H groups in total. The summed E-state index contributed by atoms with van der Waals surface area (Å²) in [7, 11) is 0. The fourth-order valence-corrected chi connectivity index (χ4v) is 1.86. The summed E-state index contributed by atoms with van der Waals surface area (Å²) in [6, 6.07) is 2.48. The van der Waals surface area contributed by atoms with Crippen molar-refractivity contribution in [3.8, 4) is 6.07 Å². The highest BCUT2D eigenvalue weighted by molar-refractivity contribution is 6.36. The van der Waals surface area contributed by atoms with Gasteiger partial charge in [0.05, 0.1) is 28.2 Å². The molecule has 0 atom stereocenters. The molecule has 0 bridgehead atoms. The molecule has 15 heavy (non-hydrogen) atoms. The quantitative estimate of drug-likeness (QED) is 0.738. The first-order chi connectivity index (χ1) is 7.31. The van der Waals surface area contributed by atoms with Gasteiger partial charge in [0.1, 0.15) is 6.07 Å². The second-order valence-corrected chi connectivity index (χ2v) is 4.03. The number of halogens is 1. The van der Waals surface area contributed by atoms with E-state index in [0.717, 1.165) is 23.9 Å². The van der Waals surface area contributed by atoms with E-state index in [1.54, 1.807) is 6.20 Å². The summed E-state index contributed by atoms with van der Waals surface area (Å²) in [5, 5.41) is 14.3. The molecule has 0 amide bonds. The van der Waals surface area contributed by atoms with E-state index in [1.807, 2.05) is 10.8 Å². The molecule has 74 valence electrons. The van der Waals surface area contributed by atoms with Crippen molar-refractivity contribution in [3.63, 3.8) is 0 Å². The lowest BCUT2D eigenvalue weighted by atomic mass is 10.2. The molecule has 0 aromatic carbocycles. The Morgan fingerprint density at radius 3 is 2.93 bits per heavy atom.